The highest BCUT2D eigenvalue weighted by atomic mass is 16.5. The molecule has 0 spiro atoms. The monoisotopic (exact) mass is 290 g/mol. The van der Waals surface area contributed by atoms with E-state index in [-0.39, 0.29) is 12.2 Å². The van der Waals surface area contributed by atoms with Crippen LogP contribution in [0.1, 0.15) is 41.5 Å². The lowest BCUT2D eigenvalue weighted by Crippen LogP contribution is -2.01. The van der Waals surface area contributed by atoms with Crippen LogP contribution >= 0.6 is 0 Å². The highest BCUT2D eigenvalue weighted by Gasteiger charge is 2.10. The number of ether oxygens (including phenoxy) is 1. The molecule has 0 aliphatic carbocycles. The summed E-state index contributed by atoms with van der Waals surface area (Å²) in [6.45, 7) is 6.12. The van der Waals surface area contributed by atoms with Gasteiger partial charge in [-0.15, -0.1) is 0 Å². The second-order valence-electron chi connectivity index (χ2n) is 5.28. The average molecular weight is 290 g/mol. The van der Waals surface area contributed by atoms with E-state index in [0.717, 1.165) is 12.0 Å². The first-order valence-electron chi connectivity index (χ1n) is 6.74. The second-order valence-corrected chi connectivity index (χ2v) is 5.28. The number of hydrogen-bond acceptors (Lipinski definition) is 5. The number of nitrogens with zero attached hydrogens (tertiary/aromatic N) is 2. The molecule has 2 rings (SSSR count). The summed E-state index contributed by atoms with van der Waals surface area (Å²) in [5.74, 6) is 1.18. The zero-order valence-corrected chi connectivity index (χ0v) is 12.3. The van der Waals surface area contributed by atoms with Crippen LogP contribution in [0.4, 0.5) is 0 Å². The maximum atomic E-state index is 10.9. The Labute approximate surface area is 122 Å². The van der Waals surface area contributed by atoms with Crippen molar-refractivity contribution in [3.63, 3.8) is 0 Å². The van der Waals surface area contributed by atoms with Gasteiger partial charge in [-0.05, 0) is 36.6 Å². The third kappa shape index (κ3) is 4.05. The van der Waals surface area contributed by atoms with E-state index in [2.05, 4.69) is 24.0 Å². The molecule has 112 valence electrons. The molecule has 0 radical (unpaired) electrons. The molecular weight excluding hydrogens is 272 g/mol. The molecule has 0 atom stereocenters. The molecule has 0 aliphatic rings. The Morgan fingerprint density at radius 2 is 2.19 bits per heavy atom. The van der Waals surface area contributed by atoms with E-state index >= 15 is 0 Å². The van der Waals surface area contributed by atoms with Gasteiger partial charge >= 0.3 is 5.97 Å². The number of benzene rings is 1. The molecule has 1 heterocycles. The fourth-order valence-corrected chi connectivity index (χ4v) is 1.88. The van der Waals surface area contributed by atoms with Crippen LogP contribution in [0.2, 0.25) is 0 Å². The van der Waals surface area contributed by atoms with Crippen LogP contribution < -0.4 is 4.74 Å². The normalized spacial score (nSPS) is 10.9. The van der Waals surface area contributed by atoms with Crippen LogP contribution in [-0.2, 0) is 13.0 Å². The number of hydrogen-bond donors (Lipinski definition) is 1. The Morgan fingerprint density at radius 1 is 1.43 bits per heavy atom. The number of carbonyl (C=O) groups is 1. The predicted octanol–water partition coefficient (Wildman–Crippen LogP) is 2.85. The number of rotatable bonds is 6. The van der Waals surface area contributed by atoms with Gasteiger partial charge < -0.3 is 14.4 Å². The minimum absolute atomic E-state index is 0.165. The molecule has 0 bridgehead atoms. The van der Waals surface area contributed by atoms with E-state index in [9.17, 15) is 4.79 Å². The number of aryl methyl sites for hydroxylation is 1. The van der Waals surface area contributed by atoms with E-state index in [1.54, 1.807) is 19.1 Å². The topological polar surface area (TPSA) is 85.5 Å². The Balaban J connectivity index is 1.99. The van der Waals surface area contributed by atoms with Crippen LogP contribution in [0.15, 0.2) is 22.7 Å². The molecule has 2 aromatic rings. The van der Waals surface area contributed by atoms with E-state index in [1.165, 1.54) is 6.07 Å². The molecule has 21 heavy (non-hydrogen) atoms. The molecule has 0 unspecified atom stereocenters. The minimum Gasteiger partial charge on any atom is -0.483 e. The van der Waals surface area contributed by atoms with Gasteiger partial charge in [-0.1, -0.05) is 19.0 Å². The number of carboxylic acids is 1. The van der Waals surface area contributed by atoms with Gasteiger partial charge in [0.1, 0.15) is 5.75 Å². The van der Waals surface area contributed by atoms with Gasteiger partial charge in [0.25, 0.3) is 5.89 Å². The summed E-state index contributed by atoms with van der Waals surface area (Å²) in [6.07, 6.45) is 0.760. The Bertz CT molecular complexity index is 634. The predicted molar refractivity (Wildman–Crippen MR) is 75.3 cm³/mol. The van der Waals surface area contributed by atoms with Gasteiger partial charge in [-0.3, -0.25) is 0 Å². The first-order chi connectivity index (χ1) is 9.95. The van der Waals surface area contributed by atoms with Crippen LogP contribution in [-0.4, -0.2) is 21.2 Å². The van der Waals surface area contributed by atoms with Crippen molar-refractivity contribution in [1.82, 2.24) is 10.1 Å². The summed E-state index contributed by atoms with van der Waals surface area (Å²) in [4.78, 5) is 15.1. The molecule has 1 aromatic carbocycles. The van der Waals surface area contributed by atoms with Crippen molar-refractivity contribution in [2.45, 2.75) is 33.8 Å². The lowest BCUT2D eigenvalue weighted by Gasteiger charge is -2.07. The first-order valence-corrected chi connectivity index (χ1v) is 6.74. The Hall–Kier alpha value is -2.37. The van der Waals surface area contributed by atoms with Crippen molar-refractivity contribution in [1.29, 1.82) is 0 Å². The summed E-state index contributed by atoms with van der Waals surface area (Å²) >= 11 is 0. The summed E-state index contributed by atoms with van der Waals surface area (Å²) in [5.41, 5.74) is 0.980. The molecule has 0 aliphatic heterocycles. The number of carboxylic acid groups (broad SMARTS) is 1. The van der Waals surface area contributed by atoms with E-state index in [1.807, 2.05) is 0 Å². The van der Waals surface area contributed by atoms with Gasteiger partial charge in [0, 0.05) is 6.42 Å². The van der Waals surface area contributed by atoms with Crippen molar-refractivity contribution < 1.29 is 19.2 Å². The first kappa shape index (κ1) is 15.0. The van der Waals surface area contributed by atoms with Crippen molar-refractivity contribution >= 4 is 5.97 Å². The SMILES string of the molecule is Cc1cc(C(=O)O)ccc1OCc1nc(CC(C)C)no1. The molecule has 6 heteroatoms. The standard InChI is InChI=1S/C15H18N2O4/c1-9(2)6-13-16-14(21-17-13)8-20-12-5-4-11(15(18)19)7-10(12)3/h4-5,7,9H,6,8H2,1-3H3,(H,18,19). The summed E-state index contributed by atoms with van der Waals surface area (Å²) in [6, 6.07) is 4.70. The van der Waals surface area contributed by atoms with Gasteiger partial charge in [-0.25, -0.2) is 4.79 Å². The Kier molecular flexibility index (Phi) is 4.57. The molecule has 1 N–H and O–H groups in total. The third-order valence-corrected chi connectivity index (χ3v) is 2.87. The zero-order chi connectivity index (χ0) is 15.4. The fraction of sp³-hybridized carbons (Fsp3) is 0.400. The highest BCUT2D eigenvalue weighted by Crippen LogP contribution is 2.20. The van der Waals surface area contributed by atoms with E-state index in [4.69, 9.17) is 14.4 Å². The molecule has 0 fully saturated rings. The largest absolute Gasteiger partial charge is 0.483 e. The van der Waals surface area contributed by atoms with Crippen molar-refractivity contribution in [2.75, 3.05) is 0 Å². The van der Waals surface area contributed by atoms with Crippen LogP contribution in [0, 0.1) is 12.8 Å². The minimum atomic E-state index is -0.958. The molecule has 0 saturated carbocycles. The van der Waals surface area contributed by atoms with Crippen LogP contribution in [0.5, 0.6) is 5.75 Å². The number of aromatic nitrogens is 2. The molecular formula is C15H18N2O4. The summed E-state index contributed by atoms with van der Waals surface area (Å²) < 4.78 is 10.7. The van der Waals surface area contributed by atoms with Crippen molar-refractivity contribution in [3.05, 3.63) is 41.0 Å². The lowest BCUT2D eigenvalue weighted by molar-refractivity contribution is 0.0696. The zero-order valence-electron chi connectivity index (χ0n) is 12.3. The van der Waals surface area contributed by atoms with Crippen molar-refractivity contribution in [2.24, 2.45) is 5.92 Å². The molecule has 1 aromatic heterocycles. The quantitative estimate of drug-likeness (QED) is 0.880. The van der Waals surface area contributed by atoms with Crippen LogP contribution in [0.25, 0.3) is 0 Å². The van der Waals surface area contributed by atoms with E-state index in [0.29, 0.717) is 23.4 Å². The molecule has 6 nitrogen and oxygen atoms in total. The summed E-state index contributed by atoms with van der Waals surface area (Å²) in [7, 11) is 0. The smallest absolute Gasteiger partial charge is 0.335 e. The van der Waals surface area contributed by atoms with Crippen LogP contribution in [0.3, 0.4) is 0 Å². The van der Waals surface area contributed by atoms with Crippen molar-refractivity contribution in [3.8, 4) is 5.75 Å². The summed E-state index contributed by atoms with van der Waals surface area (Å²) in [5, 5.41) is 12.8. The number of aromatic carboxylic acids is 1. The lowest BCUT2D eigenvalue weighted by atomic mass is 10.1. The van der Waals surface area contributed by atoms with Gasteiger partial charge in [0.05, 0.1) is 5.56 Å². The maximum absolute atomic E-state index is 10.9. The fourth-order valence-electron chi connectivity index (χ4n) is 1.88. The third-order valence-electron chi connectivity index (χ3n) is 2.87. The Morgan fingerprint density at radius 3 is 2.81 bits per heavy atom. The maximum Gasteiger partial charge on any atom is 0.335 e. The second kappa shape index (κ2) is 6.39. The van der Waals surface area contributed by atoms with Gasteiger partial charge in [0.2, 0.25) is 0 Å². The van der Waals surface area contributed by atoms with Gasteiger partial charge in [0.15, 0.2) is 12.4 Å². The van der Waals surface area contributed by atoms with E-state index < -0.39 is 5.97 Å². The highest BCUT2D eigenvalue weighted by molar-refractivity contribution is 5.88. The molecule has 0 saturated heterocycles. The average Bonchev–Trinajstić information content (AvgIpc) is 2.83. The van der Waals surface area contributed by atoms with Gasteiger partial charge in [-0.2, -0.15) is 4.98 Å². The molecule has 0 amide bonds.